The molecule has 0 aromatic heterocycles. The van der Waals surface area contributed by atoms with E-state index in [9.17, 15) is 35.1 Å². The van der Waals surface area contributed by atoms with Gasteiger partial charge in [0.05, 0.1) is 25.5 Å². The lowest BCUT2D eigenvalue weighted by molar-refractivity contribution is -0.422. The normalized spacial score (nSPS) is 10.3. The quantitative estimate of drug-likeness (QED) is 0.477. The van der Waals surface area contributed by atoms with Crippen molar-refractivity contribution in [3.8, 4) is 0 Å². The highest BCUT2D eigenvalue weighted by Gasteiger charge is 2.33. The number of hydrogen-bond acceptors (Lipinski definition) is 7. The number of carbonyl (C=O) groups is 1. The first-order chi connectivity index (χ1) is 9.86. The van der Waals surface area contributed by atoms with Crippen molar-refractivity contribution < 1.29 is 19.6 Å². The molecular weight excluding hydrogens is 286 g/mol. The molecule has 2 aromatic rings. The molecule has 0 aliphatic rings. The second kappa shape index (κ2) is 4.92. The monoisotopic (exact) mass is 291 g/mol. The molecule has 0 N–H and O–H groups in total. The molecule has 0 aliphatic carbocycles. The predicted molar refractivity (Wildman–Crippen MR) is 69.3 cm³/mol. The molecule has 0 aliphatic heterocycles. The molecular formula is C11H5N3O7. The lowest BCUT2D eigenvalue weighted by Gasteiger charge is -2.03. The largest absolute Gasteiger partial charge is 0.354 e. The average Bonchev–Trinajstić information content (AvgIpc) is 2.43. The van der Waals surface area contributed by atoms with Crippen molar-refractivity contribution in [2.75, 3.05) is 0 Å². The molecule has 106 valence electrons. The van der Waals surface area contributed by atoms with Gasteiger partial charge in [0.25, 0.3) is 5.69 Å². The van der Waals surface area contributed by atoms with E-state index in [0.29, 0.717) is 12.4 Å². The third kappa shape index (κ3) is 2.25. The van der Waals surface area contributed by atoms with E-state index >= 15 is 0 Å². The number of carbonyl (C=O) groups excluding carboxylic acids is 1. The highest BCUT2D eigenvalue weighted by Crippen LogP contribution is 2.40. The van der Waals surface area contributed by atoms with Crippen LogP contribution in [0.25, 0.3) is 10.8 Å². The maximum atomic E-state index is 11.0. The summed E-state index contributed by atoms with van der Waals surface area (Å²) in [6.07, 6.45) is 0.413. The molecule has 2 aromatic carbocycles. The zero-order valence-electron chi connectivity index (χ0n) is 10.1. The van der Waals surface area contributed by atoms with Crippen molar-refractivity contribution in [3.63, 3.8) is 0 Å². The smallest absolute Gasteiger partial charge is 0.298 e. The Hall–Kier alpha value is -3.43. The summed E-state index contributed by atoms with van der Waals surface area (Å²) in [5.74, 6) is 0. The summed E-state index contributed by atoms with van der Waals surface area (Å²) >= 11 is 0. The van der Waals surface area contributed by atoms with Crippen LogP contribution in [0.5, 0.6) is 0 Å². The van der Waals surface area contributed by atoms with Gasteiger partial charge in [-0.15, -0.1) is 0 Å². The van der Waals surface area contributed by atoms with Crippen molar-refractivity contribution in [2.45, 2.75) is 0 Å². The van der Waals surface area contributed by atoms with Gasteiger partial charge >= 0.3 is 11.4 Å². The molecule has 0 radical (unpaired) electrons. The highest BCUT2D eigenvalue weighted by atomic mass is 16.6. The van der Waals surface area contributed by atoms with Gasteiger partial charge in [0, 0.05) is 5.56 Å². The van der Waals surface area contributed by atoms with Crippen LogP contribution in [0.1, 0.15) is 10.4 Å². The van der Waals surface area contributed by atoms with E-state index in [4.69, 9.17) is 0 Å². The Kier molecular flexibility index (Phi) is 3.28. The van der Waals surface area contributed by atoms with Crippen LogP contribution >= 0.6 is 0 Å². The second-order valence-corrected chi connectivity index (χ2v) is 3.96. The number of benzene rings is 2. The number of nitrogens with zero attached hydrogens (tertiary/aromatic N) is 3. The maximum absolute atomic E-state index is 11.0. The number of rotatable bonds is 4. The summed E-state index contributed by atoms with van der Waals surface area (Å²) in [5.41, 5.74) is -2.43. The number of aldehydes is 1. The number of fused-ring (bicyclic) bond motifs is 1. The molecule has 0 unspecified atom stereocenters. The van der Waals surface area contributed by atoms with E-state index in [2.05, 4.69) is 0 Å². The molecule has 0 spiro atoms. The Morgan fingerprint density at radius 2 is 1.43 bits per heavy atom. The summed E-state index contributed by atoms with van der Waals surface area (Å²) in [7, 11) is 0. The van der Waals surface area contributed by atoms with Crippen LogP contribution in [0.3, 0.4) is 0 Å². The fourth-order valence-corrected chi connectivity index (χ4v) is 1.95. The lowest BCUT2D eigenvalue weighted by atomic mass is 10.0. The summed E-state index contributed by atoms with van der Waals surface area (Å²) in [6.45, 7) is 0. The number of nitro benzene ring substituents is 3. The molecule has 0 amide bonds. The first-order valence-corrected chi connectivity index (χ1v) is 5.36. The van der Waals surface area contributed by atoms with Gasteiger partial charge in [0.15, 0.2) is 0 Å². The maximum Gasteiger partial charge on any atom is 0.354 e. The van der Waals surface area contributed by atoms with Gasteiger partial charge < -0.3 is 0 Å². The topological polar surface area (TPSA) is 146 Å². The van der Waals surface area contributed by atoms with Crippen LogP contribution in [-0.4, -0.2) is 21.1 Å². The van der Waals surface area contributed by atoms with Crippen LogP contribution in [0.15, 0.2) is 24.3 Å². The summed E-state index contributed by atoms with van der Waals surface area (Å²) in [5, 5.41) is 32.4. The molecule has 2 rings (SSSR count). The molecule has 0 saturated heterocycles. The Labute approximate surface area is 115 Å². The molecule has 0 bridgehead atoms. The average molecular weight is 291 g/mol. The highest BCUT2D eigenvalue weighted by molar-refractivity contribution is 6.03. The van der Waals surface area contributed by atoms with Gasteiger partial charge in [-0.1, -0.05) is 6.07 Å². The van der Waals surface area contributed by atoms with Gasteiger partial charge in [0.2, 0.25) is 0 Å². The first-order valence-electron chi connectivity index (χ1n) is 5.36. The van der Waals surface area contributed by atoms with Crippen LogP contribution < -0.4 is 0 Å². The fourth-order valence-electron chi connectivity index (χ4n) is 1.95. The van der Waals surface area contributed by atoms with E-state index < -0.39 is 31.8 Å². The van der Waals surface area contributed by atoms with E-state index in [0.717, 1.165) is 12.1 Å². The molecule has 0 fully saturated rings. The zero-order valence-corrected chi connectivity index (χ0v) is 10.1. The SMILES string of the molecule is O=Cc1ccc2c([N+](=O)[O-])c([N+](=O)[O-])cc([N+](=O)[O-])c2c1. The van der Waals surface area contributed by atoms with Crippen LogP contribution in [0, 0.1) is 30.3 Å². The molecule has 0 saturated carbocycles. The number of nitro groups is 3. The van der Waals surface area contributed by atoms with Gasteiger partial charge in [0.1, 0.15) is 12.4 Å². The van der Waals surface area contributed by atoms with Crippen molar-refractivity contribution in [1.29, 1.82) is 0 Å². The summed E-state index contributed by atoms with van der Waals surface area (Å²) in [6, 6.07) is 3.87. The van der Waals surface area contributed by atoms with Crippen LogP contribution in [0.4, 0.5) is 17.1 Å². The molecule has 0 heterocycles. The van der Waals surface area contributed by atoms with Crippen LogP contribution in [-0.2, 0) is 0 Å². The predicted octanol–water partition coefficient (Wildman–Crippen LogP) is 2.38. The van der Waals surface area contributed by atoms with E-state index in [1.807, 2.05) is 0 Å². The Balaban J connectivity index is 3.05. The number of non-ortho nitro benzene ring substituents is 1. The van der Waals surface area contributed by atoms with E-state index in [-0.39, 0.29) is 16.3 Å². The molecule has 21 heavy (non-hydrogen) atoms. The Morgan fingerprint density at radius 3 is 1.90 bits per heavy atom. The Bertz CT molecular complexity index is 815. The fraction of sp³-hybridized carbons (Fsp3) is 0. The standard InChI is InChI=1S/C11H5N3O7/c15-5-6-1-2-7-8(3-6)9(12(16)17)4-10(13(18)19)11(7)14(20)21/h1-5H. The lowest BCUT2D eigenvalue weighted by Crippen LogP contribution is -2.01. The van der Waals surface area contributed by atoms with Gasteiger partial charge in [-0.25, -0.2) is 0 Å². The molecule has 10 nitrogen and oxygen atoms in total. The van der Waals surface area contributed by atoms with Crippen molar-refractivity contribution in [3.05, 3.63) is 60.2 Å². The van der Waals surface area contributed by atoms with E-state index in [1.54, 1.807) is 0 Å². The van der Waals surface area contributed by atoms with Crippen molar-refractivity contribution in [2.24, 2.45) is 0 Å². The zero-order chi connectivity index (χ0) is 15.7. The summed E-state index contributed by atoms with van der Waals surface area (Å²) < 4.78 is 0. The minimum Gasteiger partial charge on any atom is -0.298 e. The van der Waals surface area contributed by atoms with Gasteiger partial charge in [-0.05, 0) is 12.1 Å². The molecule has 10 heteroatoms. The van der Waals surface area contributed by atoms with Crippen molar-refractivity contribution >= 4 is 34.1 Å². The third-order valence-electron chi connectivity index (χ3n) is 2.80. The van der Waals surface area contributed by atoms with Gasteiger partial charge in [-0.2, -0.15) is 0 Å². The van der Waals surface area contributed by atoms with E-state index in [1.165, 1.54) is 6.07 Å². The van der Waals surface area contributed by atoms with Gasteiger partial charge in [-0.3, -0.25) is 35.1 Å². The Morgan fingerprint density at radius 1 is 0.810 bits per heavy atom. The summed E-state index contributed by atoms with van der Waals surface area (Å²) in [4.78, 5) is 40.7. The second-order valence-electron chi connectivity index (χ2n) is 3.96. The minimum atomic E-state index is -1.06. The number of hydrogen-bond donors (Lipinski definition) is 0. The third-order valence-corrected chi connectivity index (χ3v) is 2.80. The first kappa shape index (κ1) is 14.0. The van der Waals surface area contributed by atoms with Crippen LogP contribution in [0.2, 0.25) is 0 Å². The molecule has 0 atom stereocenters. The van der Waals surface area contributed by atoms with Crippen molar-refractivity contribution in [1.82, 2.24) is 0 Å². The minimum absolute atomic E-state index is 0.0637.